The van der Waals surface area contributed by atoms with Crippen LogP contribution in [0.25, 0.3) is 0 Å². The predicted octanol–water partition coefficient (Wildman–Crippen LogP) is 2.52. The van der Waals surface area contributed by atoms with Crippen LogP contribution in [0, 0.1) is 5.41 Å². The van der Waals surface area contributed by atoms with Crippen LogP contribution in [0.15, 0.2) is 0 Å². The van der Waals surface area contributed by atoms with Crippen LogP contribution >= 0.6 is 15.9 Å². The molecule has 0 atom stereocenters. The molecule has 0 unspecified atom stereocenters. The van der Waals surface area contributed by atoms with Crippen LogP contribution in [-0.2, 0) is 4.74 Å². The van der Waals surface area contributed by atoms with Gasteiger partial charge in [0.1, 0.15) is 0 Å². The highest BCUT2D eigenvalue weighted by atomic mass is 79.9. The van der Waals surface area contributed by atoms with Gasteiger partial charge in [-0.05, 0) is 32.2 Å². The van der Waals surface area contributed by atoms with E-state index in [4.69, 9.17) is 4.74 Å². The van der Waals surface area contributed by atoms with E-state index in [1.165, 1.54) is 25.8 Å². The lowest BCUT2D eigenvalue weighted by atomic mass is 9.70. The quantitative estimate of drug-likeness (QED) is 0.517. The largest absolute Gasteiger partial charge is 0.380 e. The number of rotatable bonds is 7. The Balaban J connectivity index is 2.15. The maximum Gasteiger partial charge on any atom is 0.0593 e. The average Bonchev–Trinajstić information content (AvgIpc) is 2.12. The molecule has 0 N–H and O–H groups in total. The molecule has 1 fully saturated rings. The Morgan fingerprint density at radius 1 is 1.43 bits per heavy atom. The van der Waals surface area contributed by atoms with Crippen molar-refractivity contribution in [3.05, 3.63) is 0 Å². The van der Waals surface area contributed by atoms with Crippen molar-refractivity contribution < 1.29 is 4.74 Å². The van der Waals surface area contributed by atoms with Crippen LogP contribution in [0.3, 0.4) is 0 Å². The summed E-state index contributed by atoms with van der Waals surface area (Å²) in [5.41, 5.74) is 0.570. The van der Waals surface area contributed by atoms with Crippen LogP contribution in [0.4, 0.5) is 0 Å². The third-order valence-corrected chi connectivity index (χ3v) is 4.31. The molecule has 1 aliphatic carbocycles. The highest BCUT2D eigenvalue weighted by molar-refractivity contribution is 9.09. The van der Waals surface area contributed by atoms with Crippen molar-refractivity contribution in [2.24, 2.45) is 5.41 Å². The first-order chi connectivity index (χ1) is 6.72. The molecule has 3 heteroatoms. The van der Waals surface area contributed by atoms with Gasteiger partial charge in [0.05, 0.1) is 6.61 Å². The minimum Gasteiger partial charge on any atom is -0.380 e. The average molecular weight is 264 g/mol. The van der Waals surface area contributed by atoms with E-state index in [9.17, 15) is 0 Å². The molecule has 2 nitrogen and oxygen atoms in total. The lowest BCUT2D eigenvalue weighted by Crippen LogP contribution is -2.43. The van der Waals surface area contributed by atoms with Gasteiger partial charge in [0.25, 0.3) is 0 Å². The summed E-state index contributed by atoms with van der Waals surface area (Å²) in [6, 6.07) is 0. The van der Waals surface area contributed by atoms with Gasteiger partial charge in [0.2, 0.25) is 0 Å². The van der Waals surface area contributed by atoms with Crippen molar-refractivity contribution >= 4 is 15.9 Å². The molecule has 0 aromatic carbocycles. The minimum absolute atomic E-state index is 0.570. The summed E-state index contributed by atoms with van der Waals surface area (Å²) in [4.78, 5) is 2.40. The molecule has 0 spiro atoms. The summed E-state index contributed by atoms with van der Waals surface area (Å²) in [7, 11) is 2.20. The third-order valence-electron chi connectivity index (χ3n) is 3.12. The van der Waals surface area contributed by atoms with Crippen molar-refractivity contribution in [2.75, 3.05) is 38.7 Å². The number of halogens is 1. The van der Waals surface area contributed by atoms with E-state index in [0.29, 0.717) is 5.41 Å². The molecule has 0 aromatic heterocycles. The van der Waals surface area contributed by atoms with Gasteiger partial charge in [0, 0.05) is 25.0 Å². The molecule has 14 heavy (non-hydrogen) atoms. The van der Waals surface area contributed by atoms with Gasteiger partial charge in [-0.2, -0.15) is 0 Å². The zero-order valence-electron chi connectivity index (χ0n) is 9.39. The summed E-state index contributed by atoms with van der Waals surface area (Å²) in [6.45, 7) is 6.02. The fourth-order valence-corrected chi connectivity index (χ4v) is 2.77. The van der Waals surface area contributed by atoms with E-state index in [2.05, 4.69) is 27.9 Å². The molecule has 1 saturated carbocycles. The Morgan fingerprint density at radius 2 is 2.14 bits per heavy atom. The normalized spacial score (nSPS) is 19.7. The van der Waals surface area contributed by atoms with E-state index in [1.54, 1.807) is 0 Å². The second-order valence-electron chi connectivity index (χ2n) is 4.42. The molecular weight excluding hydrogens is 242 g/mol. The van der Waals surface area contributed by atoms with Crippen molar-refractivity contribution in [1.29, 1.82) is 0 Å². The first-order valence-corrected chi connectivity index (χ1v) is 6.67. The maximum absolute atomic E-state index is 5.35. The van der Waals surface area contributed by atoms with Crippen LogP contribution in [0.2, 0.25) is 0 Å². The fourth-order valence-electron chi connectivity index (χ4n) is 2.03. The number of hydrogen-bond acceptors (Lipinski definition) is 2. The zero-order valence-corrected chi connectivity index (χ0v) is 11.0. The van der Waals surface area contributed by atoms with E-state index in [0.717, 1.165) is 25.1 Å². The molecule has 0 bridgehead atoms. The standard InChI is InChI=1S/C11H22BrNO/c1-3-14-8-7-13(2)10-11(9-12)5-4-6-11/h3-10H2,1-2H3. The van der Waals surface area contributed by atoms with Gasteiger partial charge < -0.3 is 9.64 Å². The van der Waals surface area contributed by atoms with E-state index >= 15 is 0 Å². The summed E-state index contributed by atoms with van der Waals surface area (Å²) in [5.74, 6) is 0. The number of ether oxygens (including phenoxy) is 1. The maximum atomic E-state index is 5.35. The van der Waals surface area contributed by atoms with Crippen LogP contribution in [0.1, 0.15) is 26.2 Å². The Morgan fingerprint density at radius 3 is 2.57 bits per heavy atom. The number of alkyl halides is 1. The smallest absolute Gasteiger partial charge is 0.0593 e. The summed E-state index contributed by atoms with van der Waals surface area (Å²) in [5, 5.41) is 1.15. The first kappa shape index (κ1) is 12.5. The number of nitrogens with zero attached hydrogens (tertiary/aromatic N) is 1. The topological polar surface area (TPSA) is 12.5 Å². The predicted molar refractivity (Wildman–Crippen MR) is 64.1 cm³/mol. The monoisotopic (exact) mass is 263 g/mol. The van der Waals surface area contributed by atoms with Crippen LogP contribution in [0.5, 0.6) is 0 Å². The Hall–Kier alpha value is 0.400. The van der Waals surface area contributed by atoms with E-state index in [1.807, 2.05) is 6.92 Å². The summed E-state index contributed by atoms with van der Waals surface area (Å²) in [6.07, 6.45) is 4.18. The van der Waals surface area contributed by atoms with Crippen molar-refractivity contribution in [3.63, 3.8) is 0 Å². The molecule has 0 radical (unpaired) electrons. The highest BCUT2D eigenvalue weighted by Gasteiger charge is 2.36. The highest BCUT2D eigenvalue weighted by Crippen LogP contribution is 2.42. The van der Waals surface area contributed by atoms with Gasteiger partial charge in [-0.25, -0.2) is 0 Å². The molecule has 1 rings (SSSR count). The number of hydrogen-bond donors (Lipinski definition) is 0. The lowest BCUT2D eigenvalue weighted by Gasteiger charge is -2.43. The fraction of sp³-hybridized carbons (Fsp3) is 1.00. The summed E-state index contributed by atoms with van der Waals surface area (Å²) < 4.78 is 5.35. The molecule has 0 aliphatic heterocycles. The molecule has 0 amide bonds. The van der Waals surface area contributed by atoms with Crippen LogP contribution in [-0.4, -0.2) is 43.6 Å². The molecule has 0 saturated heterocycles. The van der Waals surface area contributed by atoms with Gasteiger partial charge in [-0.3, -0.25) is 0 Å². The Labute approximate surface area is 96.1 Å². The SMILES string of the molecule is CCOCCN(C)CC1(CBr)CCC1. The van der Waals surface area contributed by atoms with Crippen molar-refractivity contribution in [3.8, 4) is 0 Å². The Bertz CT molecular complexity index is 154. The molecule has 1 aliphatic rings. The molecule has 84 valence electrons. The Kier molecular flexibility index (Phi) is 5.42. The van der Waals surface area contributed by atoms with Crippen LogP contribution < -0.4 is 0 Å². The lowest BCUT2D eigenvalue weighted by molar-refractivity contribution is 0.0745. The second-order valence-corrected chi connectivity index (χ2v) is 4.98. The summed E-state index contributed by atoms with van der Waals surface area (Å²) >= 11 is 3.64. The first-order valence-electron chi connectivity index (χ1n) is 5.55. The molecule has 0 heterocycles. The molecule has 0 aromatic rings. The van der Waals surface area contributed by atoms with Gasteiger partial charge >= 0.3 is 0 Å². The zero-order chi connectivity index (χ0) is 10.4. The van der Waals surface area contributed by atoms with Gasteiger partial charge in [0.15, 0.2) is 0 Å². The number of likely N-dealkylation sites (N-methyl/N-ethyl adjacent to an activating group) is 1. The van der Waals surface area contributed by atoms with Gasteiger partial charge in [-0.1, -0.05) is 22.4 Å². The van der Waals surface area contributed by atoms with Gasteiger partial charge in [-0.15, -0.1) is 0 Å². The minimum atomic E-state index is 0.570. The van der Waals surface area contributed by atoms with Crippen molar-refractivity contribution in [2.45, 2.75) is 26.2 Å². The second kappa shape index (κ2) is 6.09. The molecular formula is C11H22BrNO. The van der Waals surface area contributed by atoms with E-state index in [-0.39, 0.29) is 0 Å². The van der Waals surface area contributed by atoms with Crippen molar-refractivity contribution in [1.82, 2.24) is 4.90 Å². The van der Waals surface area contributed by atoms with E-state index < -0.39 is 0 Å². The third kappa shape index (κ3) is 3.52.